The number of ether oxygens (including phenoxy) is 2. The molecule has 3 unspecified atom stereocenters. The van der Waals surface area contributed by atoms with E-state index in [0.717, 1.165) is 25.7 Å². The van der Waals surface area contributed by atoms with E-state index >= 15 is 0 Å². The minimum atomic E-state index is -1.58. The first-order valence-corrected chi connectivity index (χ1v) is 11.7. The lowest BCUT2D eigenvalue weighted by atomic mass is 9.96. The van der Waals surface area contributed by atoms with Crippen LogP contribution in [0.3, 0.4) is 0 Å². The molecular formula is C22H43NO9. The van der Waals surface area contributed by atoms with Crippen LogP contribution < -0.4 is 5.32 Å². The second-order valence-electron chi connectivity index (χ2n) is 8.87. The summed E-state index contributed by atoms with van der Waals surface area (Å²) in [5.41, 5.74) is 0. The van der Waals surface area contributed by atoms with Crippen LogP contribution >= 0.6 is 0 Å². The molecule has 1 aliphatic heterocycles. The topological polar surface area (TPSA) is 169 Å². The number of aliphatic hydroxyl groups excluding tert-OH is 6. The number of carbonyl (C=O) groups excluding carboxylic acids is 1. The molecule has 1 rings (SSSR count). The molecule has 0 spiro atoms. The molecule has 0 radical (unpaired) electrons. The van der Waals surface area contributed by atoms with Gasteiger partial charge in [0.15, 0.2) is 6.29 Å². The van der Waals surface area contributed by atoms with Gasteiger partial charge in [0.1, 0.15) is 24.4 Å². The number of nitrogens with one attached hydrogen (secondary N) is 1. The lowest BCUT2D eigenvalue weighted by Gasteiger charge is -2.40. The zero-order valence-corrected chi connectivity index (χ0v) is 19.5. The molecule has 1 amide bonds. The average molecular weight is 466 g/mol. The van der Waals surface area contributed by atoms with Gasteiger partial charge in [-0.1, -0.05) is 46.5 Å². The summed E-state index contributed by atoms with van der Waals surface area (Å²) in [7, 11) is 0. The molecule has 32 heavy (non-hydrogen) atoms. The zero-order chi connectivity index (χ0) is 24.3. The van der Waals surface area contributed by atoms with Gasteiger partial charge in [0.25, 0.3) is 0 Å². The van der Waals surface area contributed by atoms with Gasteiger partial charge in [-0.05, 0) is 18.8 Å². The maximum absolute atomic E-state index is 12.4. The molecule has 9 atom stereocenters. The van der Waals surface area contributed by atoms with Crippen molar-refractivity contribution in [2.75, 3.05) is 13.2 Å². The molecule has 190 valence electrons. The second kappa shape index (κ2) is 15.1. The van der Waals surface area contributed by atoms with Crippen molar-refractivity contribution in [2.45, 2.75) is 115 Å². The Kier molecular flexibility index (Phi) is 13.8. The summed E-state index contributed by atoms with van der Waals surface area (Å²) >= 11 is 0. The normalized spacial score (nSPS) is 29.8. The van der Waals surface area contributed by atoms with Crippen LogP contribution in [0.2, 0.25) is 0 Å². The molecule has 10 heteroatoms. The molecule has 1 aliphatic rings. The van der Waals surface area contributed by atoms with E-state index in [2.05, 4.69) is 12.2 Å². The minimum Gasteiger partial charge on any atom is -0.394 e. The molecule has 1 heterocycles. The molecular weight excluding hydrogens is 422 g/mol. The highest BCUT2D eigenvalue weighted by atomic mass is 16.7. The monoisotopic (exact) mass is 465 g/mol. The Morgan fingerprint density at radius 3 is 2.38 bits per heavy atom. The first-order chi connectivity index (χ1) is 15.1. The number of hydrogen-bond donors (Lipinski definition) is 7. The zero-order valence-electron chi connectivity index (χ0n) is 19.5. The maximum atomic E-state index is 12.4. The SMILES string of the molecule is CCCCC[C@@H](O)CC(=O)NC(CO[C@H]1OC(CO)[C@H](O)[C@H](O)C1O)[C@H](O)C[C@H](C)CC. The Hall–Kier alpha value is -0.850. The fourth-order valence-corrected chi connectivity index (χ4v) is 3.61. The quantitative estimate of drug-likeness (QED) is 0.156. The summed E-state index contributed by atoms with van der Waals surface area (Å²) in [6.07, 6.45) is -4.40. The van der Waals surface area contributed by atoms with E-state index in [1.807, 2.05) is 13.8 Å². The van der Waals surface area contributed by atoms with Crippen molar-refractivity contribution >= 4 is 5.91 Å². The molecule has 0 bridgehead atoms. The van der Waals surface area contributed by atoms with E-state index < -0.39 is 61.5 Å². The molecule has 0 saturated carbocycles. The Morgan fingerprint density at radius 1 is 1.09 bits per heavy atom. The number of rotatable bonds is 15. The van der Waals surface area contributed by atoms with Crippen LogP contribution in [0.4, 0.5) is 0 Å². The number of hydrogen-bond acceptors (Lipinski definition) is 9. The van der Waals surface area contributed by atoms with Gasteiger partial charge in [-0.15, -0.1) is 0 Å². The third-order valence-electron chi connectivity index (χ3n) is 6.00. The van der Waals surface area contributed by atoms with E-state index in [9.17, 15) is 35.4 Å². The third-order valence-corrected chi connectivity index (χ3v) is 6.00. The van der Waals surface area contributed by atoms with Gasteiger partial charge in [0.2, 0.25) is 5.91 Å². The fourth-order valence-electron chi connectivity index (χ4n) is 3.61. The van der Waals surface area contributed by atoms with Gasteiger partial charge >= 0.3 is 0 Å². The minimum absolute atomic E-state index is 0.101. The molecule has 1 saturated heterocycles. The largest absolute Gasteiger partial charge is 0.394 e. The molecule has 0 aromatic carbocycles. The second-order valence-corrected chi connectivity index (χ2v) is 8.87. The van der Waals surface area contributed by atoms with Crippen LogP contribution in [0.5, 0.6) is 0 Å². The third kappa shape index (κ3) is 9.56. The lowest BCUT2D eigenvalue weighted by Crippen LogP contribution is -2.60. The van der Waals surface area contributed by atoms with E-state index in [-0.39, 0.29) is 18.9 Å². The van der Waals surface area contributed by atoms with Crippen molar-refractivity contribution in [3.05, 3.63) is 0 Å². The van der Waals surface area contributed by atoms with Crippen LogP contribution in [0.25, 0.3) is 0 Å². The summed E-state index contributed by atoms with van der Waals surface area (Å²) in [5, 5.41) is 62.7. The lowest BCUT2D eigenvalue weighted by molar-refractivity contribution is -0.302. The predicted molar refractivity (Wildman–Crippen MR) is 116 cm³/mol. The molecule has 10 nitrogen and oxygen atoms in total. The molecule has 7 N–H and O–H groups in total. The van der Waals surface area contributed by atoms with E-state index in [1.165, 1.54) is 0 Å². The summed E-state index contributed by atoms with van der Waals surface area (Å²) in [5.74, 6) is -0.240. The highest BCUT2D eigenvalue weighted by molar-refractivity contribution is 5.76. The summed E-state index contributed by atoms with van der Waals surface area (Å²) in [6, 6.07) is -0.841. The first kappa shape index (κ1) is 29.2. The molecule has 0 aromatic heterocycles. The number of carbonyl (C=O) groups is 1. The first-order valence-electron chi connectivity index (χ1n) is 11.7. The van der Waals surface area contributed by atoms with Gasteiger partial charge in [-0.3, -0.25) is 4.79 Å². The number of unbranched alkanes of at least 4 members (excludes halogenated alkanes) is 2. The van der Waals surface area contributed by atoms with E-state index in [1.54, 1.807) is 0 Å². The van der Waals surface area contributed by atoms with E-state index in [0.29, 0.717) is 12.8 Å². The Balaban J connectivity index is 2.74. The summed E-state index contributed by atoms with van der Waals surface area (Å²) in [6.45, 7) is 5.19. The van der Waals surface area contributed by atoms with Crippen LogP contribution in [-0.2, 0) is 14.3 Å². The van der Waals surface area contributed by atoms with Crippen molar-refractivity contribution in [2.24, 2.45) is 5.92 Å². The van der Waals surface area contributed by atoms with Gasteiger partial charge in [-0.25, -0.2) is 0 Å². The van der Waals surface area contributed by atoms with Crippen LogP contribution in [-0.4, -0.2) is 98.7 Å². The van der Waals surface area contributed by atoms with Gasteiger partial charge in [-0.2, -0.15) is 0 Å². The Morgan fingerprint density at radius 2 is 1.78 bits per heavy atom. The van der Waals surface area contributed by atoms with Crippen molar-refractivity contribution < 1.29 is 44.9 Å². The standard InChI is InChI=1S/C22H43NO9/c1-4-6-7-8-14(25)10-18(27)23-15(16(26)9-13(3)5-2)12-31-22-21(30)20(29)19(28)17(11-24)32-22/h13-17,19-22,24-26,28-30H,4-12H2,1-3H3,(H,23,27)/t13-,14-,15?,16-,17?,19+,20+,21?,22+/m1/s1. The van der Waals surface area contributed by atoms with Crippen LogP contribution in [0.15, 0.2) is 0 Å². The maximum Gasteiger partial charge on any atom is 0.222 e. The summed E-state index contributed by atoms with van der Waals surface area (Å²) in [4.78, 5) is 12.4. The number of aliphatic hydroxyl groups is 6. The highest BCUT2D eigenvalue weighted by Crippen LogP contribution is 2.23. The fraction of sp³-hybridized carbons (Fsp3) is 0.955. The Labute approximate surface area is 190 Å². The Bertz CT molecular complexity index is 522. The van der Waals surface area contributed by atoms with Crippen molar-refractivity contribution in [1.29, 1.82) is 0 Å². The van der Waals surface area contributed by atoms with Gasteiger partial charge in [0, 0.05) is 0 Å². The predicted octanol–water partition coefficient (Wildman–Crippen LogP) is -0.584. The van der Waals surface area contributed by atoms with Gasteiger partial charge < -0.3 is 45.4 Å². The molecule has 0 aromatic rings. The van der Waals surface area contributed by atoms with Crippen molar-refractivity contribution in [1.82, 2.24) is 5.32 Å². The highest BCUT2D eigenvalue weighted by Gasteiger charge is 2.44. The average Bonchev–Trinajstić information content (AvgIpc) is 2.75. The number of amides is 1. The summed E-state index contributed by atoms with van der Waals surface area (Å²) < 4.78 is 10.9. The van der Waals surface area contributed by atoms with Crippen LogP contribution in [0.1, 0.15) is 65.7 Å². The molecule has 0 aliphatic carbocycles. The van der Waals surface area contributed by atoms with Gasteiger partial charge in [0.05, 0.1) is 37.9 Å². The van der Waals surface area contributed by atoms with Crippen molar-refractivity contribution in [3.63, 3.8) is 0 Å². The van der Waals surface area contributed by atoms with E-state index in [4.69, 9.17) is 9.47 Å². The molecule has 1 fully saturated rings. The van der Waals surface area contributed by atoms with Crippen LogP contribution in [0, 0.1) is 5.92 Å². The smallest absolute Gasteiger partial charge is 0.222 e. The van der Waals surface area contributed by atoms with Crippen molar-refractivity contribution in [3.8, 4) is 0 Å².